The van der Waals surface area contributed by atoms with Gasteiger partial charge in [0.25, 0.3) is 11.5 Å². The lowest BCUT2D eigenvalue weighted by molar-refractivity contribution is 0.0948. The third-order valence-corrected chi connectivity index (χ3v) is 4.55. The molecule has 0 bridgehead atoms. The molecule has 1 amide bonds. The Morgan fingerprint density at radius 2 is 1.59 bits per heavy atom. The molecule has 0 aliphatic carbocycles. The fourth-order valence-electron chi connectivity index (χ4n) is 3.12. The number of aryl methyl sites for hydroxylation is 1. The molecule has 0 atom stereocenters. The van der Waals surface area contributed by atoms with Gasteiger partial charge in [-0.05, 0) is 30.3 Å². The maximum absolute atomic E-state index is 12.8. The Bertz CT molecular complexity index is 1230. The number of fused-ring (bicyclic) bond motifs is 1. The van der Waals surface area contributed by atoms with Crippen molar-refractivity contribution in [2.75, 3.05) is 0 Å². The van der Waals surface area contributed by atoms with E-state index in [9.17, 15) is 9.59 Å². The van der Waals surface area contributed by atoms with E-state index >= 15 is 0 Å². The lowest BCUT2D eigenvalue weighted by atomic mass is 10.1. The maximum atomic E-state index is 12.8. The van der Waals surface area contributed by atoms with Gasteiger partial charge in [-0.25, -0.2) is 4.68 Å². The molecule has 0 unspecified atom stereocenters. The number of rotatable bonds is 5. The van der Waals surface area contributed by atoms with Crippen molar-refractivity contribution < 1.29 is 9.53 Å². The summed E-state index contributed by atoms with van der Waals surface area (Å²) < 4.78 is 7.15. The van der Waals surface area contributed by atoms with E-state index in [2.05, 4.69) is 10.4 Å². The average Bonchev–Trinajstić information content (AvgIpc) is 2.76. The summed E-state index contributed by atoms with van der Waals surface area (Å²) in [6.07, 6.45) is 0. The van der Waals surface area contributed by atoms with E-state index < -0.39 is 0 Å². The molecule has 0 aliphatic heterocycles. The number of ether oxygens (including phenoxy) is 1. The van der Waals surface area contributed by atoms with Crippen LogP contribution in [0.2, 0.25) is 0 Å². The minimum Gasteiger partial charge on any atom is -0.457 e. The lowest BCUT2D eigenvalue weighted by Gasteiger charge is -2.12. The standard InChI is InChI=1S/C23H19N3O3/c1-26-23(28)18-12-6-5-11-17(18)20(25-26)15-24-22(27)19-13-7-8-14-21(19)29-16-9-3-2-4-10-16/h2-14H,15H2,1H3,(H,24,27). The lowest BCUT2D eigenvalue weighted by Crippen LogP contribution is -2.27. The van der Waals surface area contributed by atoms with Gasteiger partial charge in [0, 0.05) is 12.4 Å². The molecule has 4 aromatic rings. The van der Waals surface area contributed by atoms with Crippen LogP contribution in [0.5, 0.6) is 11.5 Å². The Kier molecular flexibility index (Phi) is 5.07. The minimum absolute atomic E-state index is 0.169. The van der Waals surface area contributed by atoms with Crippen molar-refractivity contribution >= 4 is 16.7 Å². The van der Waals surface area contributed by atoms with Crippen LogP contribution in [0.4, 0.5) is 0 Å². The van der Waals surface area contributed by atoms with Crippen molar-refractivity contribution in [3.8, 4) is 11.5 Å². The number of aromatic nitrogens is 2. The SMILES string of the molecule is Cn1nc(CNC(=O)c2ccccc2Oc2ccccc2)c2ccccc2c1=O. The van der Waals surface area contributed by atoms with E-state index in [1.165, 1.54) is 4.68 Å². The van der Waals surface area contributed by atoms with E-state index in [0.29, 0.717) is 28.1 Å². The number of nitrogens with one attached hydrogen (secondary N) is 1. The third kappa shape index (κ3) is 3.87. The van der Waals surface area contributed by atoms with Crippen LogP contribution in [0.15, 0.2) is 83.7 Å². The summed E-state index contributed by atoms with van der Waals surface area (Å²) in [5.41, 5.74) is 0.875. The monoisotopic (exact) mass is 385 g/mol. The highest BCUT2D eigenvalue weighted by Crippen LogP contribution is 2.25. The van der Waals surface area contributed by atoms with Crippen molar-refractivity contribution in [1.82, 2.24) is 15.1 Å². The van der Waals surface area contributed by atoms with E-state index in [-0.39, 0.29) is 18.0 Å². The molecule has 0 aliphatic rings. The Morgan fingerprint density at radius 1 is 0.931 bits per heavy atom. The molecule has 0 spiro atoms. The molecule has 6 nitrogen and oxygen atoms in total. The highest BCUT2D eigenvalue weighted by atomic mass is 16.5. The van der Waals surface area contributed by atoms with E-state index in [0.717, 1.165) is 5.39 Å². The van der Waals surface area contributed by atoms with E-state index in [1.54, 1.807) is 31.3 Å². The predicted octanol–water partition coefficient (Wildman–Crippen LogP) is 3.66. The molecule has 0 radical (unpaired) electrons. The van der Waals surface area contributed by atoms with Gasteiger partial charge in [0.15, 0.2) is 0 Å². The molecule has 1 aromatic heterocycles. The number of para-hydroxylation sites is 2. The molecule has 29 heavy (non-hydrogen) atoms. The molecular weight excluding hydrogens is 366 g/mol. The van der Waals surface area contributed by atoms with Gasteiger partial charge in [-0.2, -0.15) is 5.10 Å². The molecule has 1 N–H and O–H groups in total. The summed E-state index contributed by atoms with van der Waals surface area (Å²) in [6.45, 7) is 0.188. The Labute approximate surface area is 167 Å². The zero-order valence-corrected chi connectivity index (χ0v) is 15.8. The topological polar surface area (TPSA) is 73.2 Å². The fourth-order valence-corrected chi connectivity index (χ4v) is 3.12. The molecule has 3 aromatic carbocycles. The normalized spacial score (nSPS) is 10.7. The van der Waals surface area contributed by atoms with Crippen molar-refractivity contribution in [3.05, 3.63) is 100 Å². The largest absolute Gasteiger partial charge is 0.457 e. The van der Waals surface area contributed by atoms with Crippen molar-refractivity contribution in [3.63, 3.8) is 0 Å². The summed E-state index contributed by atoms with van der Waals surface area (Å²) in [5, 5.41) is 8.50. The van der Waals surface area contributed by atoms with Gasteiger partial charge in [-0.1, -0.05) is 48.5 Å². The zero-order chi connectivity index (χ0) is 20.2. The van der Waals surface area contributed by atoms with Crippen LogP contribution in [0.25, 0.3) is 10.8 Å². The Morgan fingerprint density at radius 3 is 2.38 bits per heavy atom. The van der Waals surface area contributed by atoms with Gasteiger partial charge < -0.3 is 10.1 Å². The summed E-state index contributed by atoms with van der Waals surface area (Å²) in [5.74, 6) is 0.837. The Hall–Kier alpha value is -3.93. The van der Waals surface area contributed by atoms with Crippen LogP contribution in [0.3, 0.4) is 0 Å². The first-order valence-electron chi connectivity index (χ1n) is 9.18. The van der Waals surface area contributed by atoms with Crippen LogP contribution in [-0.4, -0.2) is 15.7 Å². The number of nitrogens with zero attached hydrogens (tertiary/aromatic N) is 2. The summed E-state index contributed by atoms with van der Waals surface area (Å²) >= 11 is 0. The fraction of sp³-hybridized carbons (Fsp3) is 0.0870. The third-order valence-electron chi connectivity index (χ3n) is 4.55. The number of benzene rings is 3. The zero-order valence-electron chi connectivity index (χ0n) is 15.8. The molecule has 6 heteroatoms. The van der Waals surface area contributed by atoms with Gasteiger partial charge in [-0.15, -0.1) is 0 Å². The van der Waals surface area contributed by atoms with Crippen LogP contribution >= 0.6 is 0 Å². The second kappa shape index (κ2) is 7.98. The Balaban J connectivity index is 1.58. The molecule has 0 fully saturated rings. The summed E-state index contributed by atoms with van der Waals surface area (Å²) in [4.78, 5) is 25.1. The van der Waals surface area contributed by atoms with Crippen molar-refractivity contribution in [2.45, 2.75) is 6.54 Å². The van der Waals surface area contributed by atoms with Gasteiger partial charge in [0.1, 0.15) is 11.5 Å². The second-order valence-corrected chi connectivity index (χ2v) is 6.51. The van der Waals surface area contributed by atoms with Gasteiger partial charge in [0.05, 0.1) is 23.2 Å². The first-order chi connectivity index (χ1) is 14.1. The summed E-state index contributed by atoms with van der Waals surface area (Å²) in [7, 11) is 1.60. The number of amides is 1. The van der Waals surface area contributed by atoms with Crippen LogP contribution in [0, 0.1) is 0 Å². The van der Waals surface area contributed by atoms with E-state index in [1.807, 2.05) is 54.6 Å². The number of carbonyl (C=O) groups is 1. The number of hydrogen-bond donors (Lipinski definition) is 1. The predicted molar refractivity (Wildman–Crippen MR) is 111 cm³/mol. The smallest absolute Gasteiger partial charge is 0.274 e. The van der Waals surface area contributed by atoms with Crippen LogP contribution in [0.1, 0.15) is 16.1 Å². The van der Waals surface area contributed by atoms with Crippen molar-refractivity contribution in [1.29, 1.82) is 0 Å². The maximum Gasteiger partial charge on any atom is 0.274 e. The molecule has 1 heterocycles. The highest BCUT2D eigenvalue weighted by Gasteiger charge is 2.14. The summed E-state index contributed by atoms with van der Waals surface area (Å²) in [6, 6.07) is 23.6. The number of hydrogen-bond acceptors (Lipinski definition) is 4. The van der Waals surface area contributed by atoms with Gasteiger partial charge in [0.2, 0.25) is 0 Å². The van der Waals surface area contributed by atoms with Gasteiger partial charge >= 0.3 is 0 Å². The van der Waals surface area contributed by atoms with Crippen LogP contribution in [-0.2, 0) is 13.6 Å². The second-order valence-electron chi connectivity index (χ2n) is 6.51. The van der Waals surface area contributed by atoms with Gasteiger partial charge in [-0.3, -0.25) is 9.59 Å². The molecule has 0 saturated carbocycles. The molecule has 0 saturated heterocycles. The quantitative estimate of drug-likeness (QED) is 0.569. The minimum atomic E-state index is -0.281. The molecular formula is C23H19N3O3. The first-order valence-corrected chi connectivity index (χ1v) is 9.18. The van der Waals surface area contributed by atoms with Crippen LogP contribution < -0.4 is 15.6 Å². The first kappa shape index (κ1) is 18.4. The molecule has 144 valence electrons. The van der Waals surface area contributed by atoms with E-state index in [4.69, 9.17) is 4.74 Å². The average molecular weight is 385 g/mol. The molecule has 4 rings (SSSR count). The highest BCUT2D eigenvalue weighted by molar-refractivity contribution is 5.97. The van der Waals surface area contributed by atoms with Crippen molar-refractivity contribution in [2.24, 2.45) is 7.05 Å². The number of carbonyl (C=O) groups excluding carboxylic acids is 1.